The van der Waals surface area contributed by atoms with Crippen LogP contribution in [0.15, 0.2) is 0 Å². The van der Waals surface area contributed by atoms with Gasteiger partial charge in [-0.3, -0.25) is 0 Å². The second kappa shape index (κ2) is 6.72. The predicted molar refractivity (Wildman–Crippen MR) is 71.1 cm³/mol. The Hall–Kier alpha value is -0.120. The maximum atomic E-state index is 9.17. The van der Waals surface area contributed by atoms with Gasteiger partial charge in [-0.15, -0.1) is 0 Å². The van der Waals surface area contributed by atoms with E-state index in [1.54, 1.807) is 0 Å². The predicted octanol–water partition coefficient (Wildman–Crippen LogP) is 1.47. The molecule has 2 rings (SSSR count). The van der Waals surface area contributed by atoms with E-state index >= 15 is 0 Å². The van der Waals surface area contributed by atoms with E-state index in [0.717, 1.165) is 18.5 Å². The molecule has 17 heavy (non-hydrogen) atoms. The summed E-state index contributed by atoms with van der Waals surface area (Å²) in [5, 5.41) is 12.9. The van der Waals surface area contributed by atoms with Gasteiger partial charge in [0.2, 0.25) is 0 Å². The molecule has 100 valence electrons. The fourth-order valence-corrected chi connectivity index (χ4v) is 3.41. The van der Waals surface area contributed by atoms with E-state index in [1.807, 2.05) is 0 Å². The number of hydrogen-bond donors (Lipinski definition) is 2. The molecular weight excluding hydrogens is 212 g/mol. The first-order valence-electron chi connectivity index (χ1n) is 7.40. The molecule has 3 heteroatoms. The van der Waals surface area contributed by atoms with Crippen LogP contribution in [0.25, 0.3) is 0 Å². The SMILES string of the molecule is CCCNC1CCCC1CN1CCC(CO)C1. The summed E-state index contributed by atoms with van der Waals surface area (Å²) in [5.41, 5.74) is 0. The molecule has 1 saturated heterocycles. The van der Waals surface area contributed by atoms with E-state index < -0.39 is 0 Å². The maximum absolute atomic E-state index is 9.17. The molecule has 3 atom stereocenters. The van der Waals surface area contributed by atoms with Gasteiger partial charge in [-0.2, -0.15) is 0 Å². The summed E-state index contributed by atoms with van der Waals surface area (Å²) in [6.07, 6.45) is 6.57. The van der Waals surface area contributed by atoms with Crippen molar-refractivity contribution in [1.29, 1.82) is 0 Å². The topological polar surface area (TPSA) is 35.5 Å². The third kappa shape index (κ3) is 3.67. The average molecular weight is 240 g/mol. The second-order valence-corrected chi connectivity index (χ2v) is 5.85. The van der Waals surface area contributed by atoms with Gasteiger partial charge in [0.15, 0.2) is 0 Å². The first-order valence-corrected chi connectivity index (χ1v) is 7.40. The standard InChI is InChI=1S/C14H28N2O/c1-2-7-15-14-5-3-4-13(14)10-16-8-6-12(9-16)11-17/h12-15,17H,2-11H2,1H3. The van der Waals surface area contributed by atoms with E-state index in [0.29, 0.717) is 12.5 Å². The van der Waals surface area contributed by atoms with E-state index in [9.17, 15) is 5.11 Å². The van der Waals surface area contributed by atoms with Crippen molar-refractivity contribution in [3.8, 4) is 0 Å². The number of aliphatic hydroxyl groups excluding tert-OH is 1. The molecular formula is C14H28N2O. The van der Waals surface area contributed by atoms with Crippen molar-refractivity contribution in [1.82, 2.24) is 10.2 Å². The van der Waals surface area contributed by atoms with Crippen LogP contribution in [-0.4, -0.2) is 48.8 Å². The van der Waals surface area contributed by atoms with Crippen molar-refractivity contribution in [2.24, 2.45) is 11.8 Å². The van der Waals surface area contributed by atoms with Crippen molar-refractivity contribution in [2.75, 3.05) is 32.8 Å². The molecule has 3 nitrogen and oxygen atoms in total. The molecule has 1 saturated carbocycles. The van der Waals surface area contributed by atoms with Gasteiger partial charge in [0.25, 0.3) is 0 Å². The van der Waals surface area contributed by atoms with Gasteiger partial charge in [-0.05, 0) is 50.6 Å². The summed E-state index contributed by atoms with van der Waals surface area (Å²) in [7, 11) is 0. The van der Waals surface area contributed by atoms with Crippen molar-refractivity contribution in [2.45, 2.75) is 45.1 Å². The number of hydrogen-bond acceptors (Lipinski definition) is 3. The molecule has 1 aliphatic heterocycles. The van der Waals surface area contributed by atoms with Gasteiger partial charge in [0.05, 0.1) is 0 Å². The van der Waals surface area contributed by atoms with Gasteiger partial charge >= 0.3 is 0 Å². The van der Waals surface area contributed by atoms with Crippen LogP contribution in [-0.2, 0) is 0 Å². The largest absolute Gasteiger partial charge is 0.396 e. The lowest BCUT2D eigenvalue weighted by Crippen LogP contribution is -2.39. The lowest BCUT2D eigenvalue weighted by molar-refractivity contribution is 0.206. The number of nitrogens with zero attached hydrogens (tertiary/aromatic N) is 1. The number of likely N-dealkylation sites (tertiary alicyclic amines) is 1. The first-order chi connectivity index (χ1) is 8.33. The zero-order valence-corrected chi connectivity index (χ0v) is 11.2. The average Bonchev–Trinajstić information content (AvgIpc) is 2.96. The van der Waals surface area contributed by atoms with Gasteiger partial charge < -0.3 is 15.3 Å². The smallest absolute Gasteiger partial charge is 0.0471 e. The maximum Gasteiger partial charge on any atom is 0.0471 e. The van der Waals surface area contributed by atoms with Crippen molar-refractivity contribution >= 4 is 0 Å². The molecule has 1 aliphatic carbocycles. The lowest BCUT2D eigenvalue weighted by atomic mass is 10.0. The van der Waals surface area contributed by atoms with Crippen LogP contribution in [0, 0.1) is 11.8 Å². The van der Waals surface area contributed by atoms with Crippen LogP contribution in [0.4, 0.5) is 0 Å². The monoisotopic (exact) mass is 240 g/mol. The molecule has 0 spiro atoms. The highest BCUT2D eigenvalue weighted by atomic mass is 16.3. The molecule has 0 aromatic heterocycles. The zero-order chi connectivity index (χ0) is 12.1. The highest BCUT2D eigenvalue weighted by Gasteiger charge is 2.30. The fourth-order valence-electron chi connectivity index (χ4n) is 3.41. The lowest BCUT2D eigenvalue weighted by Gasteiger charge is -2.26. The van der Waals surface area contributed by atoms with Gasteiger partial charge in [-0.1, -0.05) is 13.3 Å². The van der Waals surface area contributed by atoms with E-state index in [-0.39, 0.29) is 0 Å². The van der Waals surface area contributed by atoms with Crippen LogP contribution in [0.1, 0.15) is 39.0 Å². The molecule has 0 aromatic carbocycles. The first kappa shape index (κ1) is 13.3. The summed E-state index contributed by atoms with van der Waals surface area (Å²) in [4.78, 5) is 2.57. The van der Waals surface area contributed by atoms with Crippen molar-refractivity contribution in [3.05, 3.63) is 0 Å². The molecule has 2 aliphatic rings. The van der Waals surface area contributed by atoms with Crippen LogP contribution in [0.2, 0.25) is 0 Å². The quantitative estimate of drug-likeness (QED) is 0.738. The number of aliphatic hydroxyl groups is 1. The fraction of sp³-hybridized carbons (Fsp3) is 1.00. The Kier molecular flexibility index (Phi) is 5.26. The van der Waals surface area contributed by atoms with Crippen LogP contribution in [0.5, 0.6) is 0 Å². The Bertz CT molecular complexity index is 222. The summed E-state index contributed by atoms with van der Waals surface area (Å²) in [6.45, 7) is 7.34. The molecule has 2 N–H and O–H groups in total. The Morgan fingerprint density at radius 1 is 1.29 bits per heavy atom. The van der Waals surface area contributed by atoms with E-state index in [2.05, 4.69) is 17.1 Å². The van der Waals surface area contributed by atoms with Crippen LogP contribution in [0.3, 0.4) is 0 Å². The Morgan fingerprint density at radius 2 is 2.18 bits per heavy atom. The second-order valence-electron chi connectivity index (χ2n) is 5.85. The third-order valence-corrected chi connectivity index (χ3v) is 4.44. The Balaban J connectivity index is 1.74. The minimum absolute atomic E-state index is 0.374. The minimum atomic E-state index is 0.374. The van der Waals surface area contributed by atoms with E-state index in [4.69, 9.17) is 0 Å². The summed E-state index contributed by atoms with van der Waals surface area (Å²) in [5.74, 6) is 1.39. The molecule has 0 radical (unpaired) electrons. The molecule has 0 bridgehead atoms. The van der Waals surface area contributed by atoms with Gasteiger partial charge in [-0.25, -0.2) is 0 Å². The highest BCUT2D eigenvalue weighted by molar-refractivity contribution is 4.87. The Labute approximate surface area is 106 Å². The molecule has 3 unspecified atom stereocenters. The van der Waals surface area contributed by atoms with Gasteiger partial charge in [0, 0.05) is 25.7 Å². The van der Waals surface area contributed by atoms with Gasteiger partial charge in [0.1, 0.15) is 0 Å². The summed E-state index contributed by atoms with van der Waals surface area (Å²) in [6, 6.07) is 0.753. The zero-order valence-electron chi connectivity index (χ0n) is 11.2. The van der Waals surface area contributed by atoms with Crippen LogP contribution < -0.4 is 5.32 Å². The molecule has 2 fully saturated rings. The minimum Gasteiger partial charge on any atom is -0.396 e. The number of rotatable bonds is 6. The van der Waals surface area contributed by atoms with Crippen molar-refractivity contribution in [3.63, 3.8) is 0 Å². The van der Waals surface area contributed by atoms with Crippen molar-refractivity contribution < 1.29 is 5.11 Å². The van der Waals surface area contributed by atoms with Crippen LogP contribution >= 0.6 is 0 Å². The molecule has 0 amide bonds. The Morgan fingerprint density at radius 3 is 2.88 bits per heavy atom. The summed E-state index contributed by atoms with van der Waals surface area (Å²) < 4.78 is 0. The molecule has 1 heterocycles. The third-order valence-electron chi connectivity index (χ3n) is 4.44. The number of nitrogens with one attached hydrogen (secondary N) is 1. The normalized spacial score (nSPS) is 34.6. The molecule has 0 aromatic rings. The summed E-state index contributed by atoms with van der Waals surface area (Å²) >= 11 is 0. The van der Waals surface area contributed by atoms with E-state index in [1.165, 1.54) is 51.7 Å². The highest BCUT2D eigenvalue weighted by Crippen LogP contribution is 2.28.